The third-order valence-corrected chi connectivity index (χ3v) is 4.36. The lowest BCUT2D eigenvalue weighted by molar-refractivity contribution is 0.123. The molecule has 1 aliphatic carbocycles. The largest absolute Gasteiger partial charge is 0.381 e. The highest BCUT2D eigenvalue weighted by atomic mass is 16.5. The highest BCUT2D eigenvalue weighted by Crippen LogP contribution is 2.28. The first-order chi connectivity index (χ1) is 11.9. The fourth-order valence-electron chi connectivity index (χ4n) is 2.76. The van der Waals surface area contributed by atoms with Crippen molar-refractivity contribution in [2.45, 2.75) is 25.8 Å². The smallest absolute Gasteiger partial charge is 0.191 e. The van der Waals surface area contributed by atoms with Gasteiger partial charge in [-0.15, -0.1) is 0 Å². The molecule has 3 rings (SSSR count). The number of nitrogens with zero attached hydrogens (tertiary/aromatic N) is 1. The Balaban J connectivity index is 1.41. The molecule has 0 bridgehead atoms. The molecule has 1 saturated carbocycles. The molecule has 2 N–H and O–H groups in total. The van der Waals surface area contributed by atoms with Crippen molar-refractivity contribution in [1.29, 1.82) is 0 Å². The van der Waals surface area contributed by atoms with E-state index in [-0.39, 0.29) is 0 Å². The molecule has 0 unspecified atom stereocenters. The molecule has 0 aromatic heterocycles. The molecule has 0 amide bonds. The van der Waals surface area contributed by atoms with Gasteiger partial charge >= 0.3 is 0 Å². The highest BCUT2D eigenvalue weighted by molar-refractivity contribution is 5.86. The van der Waals surface area contributed by atoms with Crippen molar-refractivity contribution < 1.29 is 4.74 Å². The lowest BCUT2D eigenvalue weighted by Gasteiger charge is -2.13. The number of nitrogens with one attached hydrogen (secondary N) is 2. The van der Waals surface area contributed by atoms with Crippen LogP contribution in [0, 0.1) is 5.92 Å². The van der Waals surface area contributed by atoms with Gasteiger partial charge in [0.15, 0.2) is 5.96 Å². The number of fused-ring (bicyclic) bond motifs is 1. The van der Waals surface area contributed by atoms with Crippen molar-refractivity contribution >= 4 is 16.7 Å². The fourth-order valence-corrected chi connectivity index (χ4v) is 2.76. The minimum absolute atomic E-state index is 0.763. The second-order valence-corrected chi connectivity index (χ2v) is 6.36. The normalized spacial score (nSPS) is 14.8. The van der Waals surface area contributed by atoms with E-state index in [4.69, 9.17) is 4.74 Å². The number of hydrogen-bond acceptors (Lipinski definition) is 2. The van der Waals surface area contributed by atoms with Gasteiger partial charge in [0.1, 0.15) is 0 Å². The monoisotopic (exact) mass is 325 g/mol. The first-order valence-electron chi connectivity index (χ1n) is 8.85. The quantitative estimate of drug-likeness (QED) is 0.445. The first kappa shape index (κ1) is 16.8. The number of guanidine groups is 1. The zero-order valence-corrected chi connectivity index (χ0v) is 14.4. The Hall–Kier alpha value is -2.07. The summed E-state index contributed by atoms with van der Waals surface area (Å²) < 4.78 is 5.65. The van der Waals surface area contributed by atoms with Gasteiger partial charge in [0, 0.05) is 33.4 Å². The number of rotatable bonds is 8. The van der Waals surface area contributed by atoms with Crippen LogP contribution in [0.2, 0.25) is 0 Å². The SMILES string of the molecule is CN=C(NCCCOCC1CC1)NCc1cccc2ccccc12. The topological polar surface area (TPSA) is 45.7 Å². The summed E-state index contributed by atoms with van der Waals surface area (Å²) in [6, 6.07) is 14.9. The lowest BCUT2D eigenvalue weighted by Crippen LogP contribution is -2.37. The minimum atomic E-state index is 0.763. The molecule has 2 aromatic rings. The molecule has 0 atom stereocenters. The molecule has 4 heteroatoms. The van der Waals surface area contributed by atoms with Crippen LogP contribution >= 0.6 is 0 Å². The number of hydrogen-bond donors (Lipinski definition) is 2. The predicted molar refractivity (Wildman–Crippen MR) is 100 cm³/mol. The summed E-state index contributed by atoms with van der Waals surface area (Å²) >= 11 is 0. The van der Waals surface area contributed by atoms with Crippen LogP contribution in [0.1, 0.15) is 24.8 Å². The van der Waals surface area contributed by atoms with Crippen molar-refractivity contribution in [3.8, 4) is 0 Å². The molecule has 0 saturated heterocycles. The molecule has 0 spiro atoms. The van der Waals surface area contributed by atoms with Crippen molar-refractivity contribution in [3.05, 3.63) is 48.0 Å². The van der Waals surface area contributed by atoms with Gasteiger partial charge in [-0.1, -0.05) is 42.5 Å². The van der Waals surface area contributed by atoms with Crippen LogP contribution in [0.4, 0.5) is 0 Å². The maximum Gasteiger partial charge on any atom is 0.191 e. The second-order valence-electron chi connectivity index (χ2n) is 6.36. The van der Waals surface area contributed by atoms with Crippen LogP contribution < -0.4 is 10.6 Å². The average molecular weight is 325 g/mol. The van der Waals surface area contributed by atoms with Crippen LogP contribution in [-0.2, 0) is 11.3 Å². The summed E-state index contributed by atoms with van der Waals surface area (Å²) in [5.41, 5.74) is 1.28. The van der Waals surface area contributed by atoms with Crippen LogP contribution in [-0.4, -0.2) is 32.8 Å². The van der Waals surface area contributed by atoms with E-state index >= 15 is 0 Å². The van der Waals surface area contributed by atoms with Gasteiger partial charge in [0.05, 0.1) is 0 Å². The Morgan fingerprint density at radius 3 is 2.79 bits per heavy atom. The molecule has 1 fully saturated rings. The third kappa shape index (κ3) is 4.96. The van der Waals surface area contributed by atoms with Gasteiger partial charge < -0.3 is 15.4 Å². The molecular weight excluding hydrogens is 298 g/mol. The Morgan fingerprint density at radius 2 is 1.96 bits per heavy atom. The Bertz CT molecular complexity index is 674. The molecule has 0 aliphatic heterocycles. The van der Waals surface area contributed by atoms with Crippen molar-refractivity contribution in [2.24, 2.45) is 10.9 Å². The first-order valence-corrected chi connectivity index (χ1v) is 8.85. The molecule has 2 aromatic carbocycles. The van der Waals surface area contributed by atoms with Crippen molar-refractivity contribution in [3.63, 3.8) is 0 Å². The van der Waals surface area contributed by atoms with Gasteiger partial charge in [-0.3, -0.25) is 4.99 Å². The molecule has 4 nitrogen and oxygen atoms in total. The van der Waals surface area contributed by atoms with Crippen molar-refractivity contribution in [2.75, 3.05) is 26.8 Å². The van der Waals surface area contributed by atoms with E-state index in [0.29, 0.717) is 0 Å². The van der Waals surface area contributed by atoms with E-state index in [2.05, 4.69) is 58.1 Å². The molecule has 1 aliphatic rings. The average Bonchev–Trinajstić information content (AvgIpc) is 3.45. The predicted octanol–water partition coefficient (Wildman–Crippen LogP) is 3.32. The molecule has 24 heavy (non-hydrogen) atoms. The minimum Gasteiger partial charge on any atom is -0.381 e. The lowest BCUT2D eigenvalue weighted by atomic mass is 10.0. The highest BCUT2D eigenvalue weighted by Gasteiger charge is 2.20. The van der Waals surface area contributed by atoms with Crippen molar-refractivity contribution in [1.82, 2.24) is 10.6 Å². The second kappa shape index (κ2) is 8.69. The standard InChI is InChI=1S/C20H27N3O/c1-21-20(22-12-5-13-24-15-16-10-11-16)23-14-18-8-4-7-17-6-2-3-9-19(17)18/h2-4,6-9,16H,5,10-15H2,1H3,(H2,21,22,23). The fraction of sp³-hybridized carbons (Fsp3) is 0.450. The van der Waals surface area contributed by atoms with E-state index in [9.17, 15) is 0 Å². The van der Waals surface area contributed by atoms with Gasteiger partial charge in [-0.05, 0) is 41.5 Å². The van der Waals surface area contributed by atoms with Gasteiger partial charge in [0.2, 0.25) is 0 Å². The Morgan fingerprint density at radius 1 is 1.12 bits per heavy atom. The van der Waals surface area contributed by atoms with Crippen LogP contribution in [0.5, 0.6) is 0 Å². The Kier molecular flexibility index (Phi) is 6.07. The Labute approximate surface area is 144 Å². The molecular formula is C20H27N3O. The van der Waals surface area contributed by atoms with E-state index in [1.54, 1.807) is 0 Å². The van der Waals surface area contributed by atoms with Gasteiger partial charge in [-0.2, -0.15) is 0 Å². The number of benzene rings is 2. The maximum absolute atomic E-state index is 5.65. The van der Waals surface area contributed by atoms with E-state index in [1.807, 2.05) is 7.05 Å². The van der Waals surface area contributed by atoms with Crippen LogP contribution in [0.25, 0.3) is 10.8 Å². The summed E-state index contributed by atoms with van der Waals surface area (Å²) in [5.74, 6) is 1.68. The third-order valence-electron chi connectivity index (χ3n) is 4.36. The summed E-state index contributed by atoms with van der Waals surface area (Å²) in [4.78, 5) is 4.29. The number of aliphatic imine (C=N–C) groups is 1. The zero-order valence-electron chi connectivity index (χ0n) is 14.4. The summed E-state index contributed by atoms with van der Waals surface area (Å²) in [7, 11) is 1.81. The maximum atomic E-state index is 5.65. The van der Waals surface area contributed by atoms with E-state index in [0.717, 1.165) is 44.6 Å². The van der Waals surface area contributed by atoms with Gasteiger partial charge in [-0.25, -0.2) is 0 Å². The molecule has 128 valence electrons. The van der Waals surface area contributed by atoms with Gasteiger partial charge in [0.25, 0.3) is 0 Å². The summed E-state index contributed by atoms with van der Waals surface area (Å²) in [5, 5.41) is 9.30. The summed E-state index contributed by atoms with van der Waals surface area (Å²) in [6.07, 6.45) is 3.70. The van der Waals surface area contributed by atoms with Crippen LogP contribution in [0.3, 0.4) is 0 Å². The molecule has 0 radical (unpaired) electrons. The van der Waals surface area contributed by atoms with E-state index in [1.165, 1.54) is 29.2 Å². The molecule has 0 heterocycles. The number of ether oxygens (including phenoxy) is 1. The summed E-state index contributed by atoms with van der Waals surface area (Å²) in [6.45, 7) is 3.40. The van der Waals surface area contributed by atoms with E-state index < -0.39 is 0 Å². The zero-order chi connectivity index (χ0) is 16.6. The van der Waals surface area contributed by atoms with Crippen LogP contribution in [0.15, 0.2) is 47.5 Å².